The Morgan fingerprint density at radius 3 is 2.35 bits per heavy atom. The fraction of sp³-hybridized carbons (Fsp3) is 0.778. The molecule has 0 aromatic rings. The second-order valence-corrected chi connectivity index (χ2v) is 3.81. The maximum Gasteiger partial charge on any atom is 0.397 e. The molecule has 0 aliphatic heterocycles. The summed E-state index contributed by atoms with van der Waals surface area (Å²) in [4.78, 5) is 12.4. The van der Waals surface area contributed by atoms with Crippen LogP contribution in [0.3, 0.4) is 0 Å². The number of alkyl halides is 3. The molecule has 5 nitrogen and oxygen atoms in total. The third-order valence-corrected chi connectivity index (χ3v) is 2.03. The highest BCUT2D eigenvalue weighted by molar-refractivity contribution is 5.81. The average Bonchev–Trinajstić information content (AvgIpc) is 2.14. The third-order valence-electron chi connectivity index (χ3n) is 2.03. The van der Waals surface area contributed by atoms with E-state index in [1.54, 1.807) is 13.8 Å². The number of rotatable bonds is 5. The first kappa shape index (κ1) is 15.5. The number of amidine groups is 1. The van der Waals surface area contributed by atoms with Crippen molar-refractivity contribution in [2.45, 2.75) is 38.9 Å². The summed E-state index contributed by atoms with van der Waals surface area (Å²) >= 11 is 0. The van der Waals surface area contributed by atoms with Crippen molar-refractivity contribution < 1.29 is 23.2 Å². The monoisotopic (exact) mass is 255 g/mol. The van der Waals surface area contributed by atoms with Gasteiger partial charge in [-0.05, 0) is 13.8 Å². The van der Waals surface area contributed by atoms with Gasteiger partial charge in [-0.25, -0.2) is 0 Å². The molecule has 17 heavy (non-hydrogen) atoms. The molecule has 3 N–H and O–H groups in total. The van der Waals surface area contributed by atoms with Crippen LogP contribution >= 0.6 is 0 Å². The fourth-order valence-corrected chi connectivity index (χ4v) is 1.23. The van der Waals surface area contributed by atoms with E-state index in [0.717, 1.165) is 4.90 Å². The van der Waals surface area contributed by atoms with Gasteiger partial charge >= 0.3 is 6.18 Å². The van der Waals surface area contributed by atoms with E-state index in [1.807, 2.05) is 0 Å². The van der Waals surface area contributed by atoms with Crippen LogP contribution in [0.5, 0.6) is 0 Å². The van der Waals surface area contributed by atoms with Gasteiger partial charge in [-0.2, -0.15) is 13.2 Å². The van der Waals surface area contributed by atoms with E-state index in [1.165, 1.54) is 0 Å². The molecular weight excluding hydrogens is 239 g/mol. The Bertz CT molecular complexity index is 290. The maximum absolute atomic E-state index is 12.1. The van der Waals surface area contributed by atoms with Crippen LogP contribution in [0.2, 0.25) is 0 Å². The van der Waals surface area contributed by atoms with Crippen LogP contribution in [0, 0.1) is 0 Å². The van der Waals surface area contributed by atoms with Gasteiger partial charge in [0.2, 0.25) is 5.91 Å². The Hall–Kier alpha value is -1.47. The van der Waals surface area contributed by atoms with Gasteiger partial charge in [-0.15, -0.1) is 0 Å². The predicted octanol–water partition coefficient (Wildman–Crippen LogP) is 1.31. The zero-order valence-corrected chi connectivity index (χ0v) is 9.66. The largest absolute Gasteiger partial charge is 0.409 e. The highest BCUT2D eigenvalue weighted by Gasteiger charge is 2.34. The topological polar surface area (TPSA) is 78.9 Å². The summed E-state index contributed by atoms with van der Waals surface area (Å²) in [6.45, 7) is 3.18. The fourth-order valence-electron chi connectivity index (χ4n) is 1.23. The van der Waals surface area contributed by atoms with Crippen molar-refractivity contribution in [1.29, 1.82) is 0 Å². The van der Waals surface area contributed by atoms with Crippen LogP contribution in [0.25, 0.3) is 0 Å². The molecular formula is C9H16F3N3O2. The Morgan fingerprint density at radius 2 is 2.00 bits per heavy atom. The van der Waals surface area contributed by atoms with Gasteiger partial charge in [0.05, 0.1) is 0 Å². The van der Waals surface area contributed by atoms with Crippen molar-refractivity contribution in [2.24, 2.45) is 10.9 Å². The van der Waals surface area contributed by atoms with E-state index in [9.17, 15) is 18.0 Å². The summed E-state index contributed by atoms with van der Waals surface area (Å²) in [6.07, 6.45) is -6.00. The second-order valence-electron chi connectivity index (χ2n) is 3.81. The summed E-state index contributed by atoms with van der Waals surface area (Å²) < 4.78 is 36.2. The number of hydrogen-bond donors (Lipinski definition) is 2. The molecule has 0 unspecified atom stereocenters. The van der Waals surface area contributed by atoms with Crippen LogP contribution in [-0.2, 0) is 4.79 Å². The first-order chi connectivity index (χ1) is 7.67. The van der Waals surface area contributed by atoms with E-state index in [2.05, 4.69) is 5.16 Å². The Morgan fingerprint density at radius 1 is 1.47 bits per heavy atom. The molecule has 0 aromatic heterocycles. The minimum atomic E-state index is -4.53. The van der Waals surface area contributed by atoms with Gasteiger partial charge < -0.3 is 15.8 Å². The van der Waals surface area contributed by atoms with Crippen LogP contribution < -0.4 is 5.73 Å². The zero-order valence-electron chi connectivity index (χ0n) is 9.66. The number of nitrogens with zero attached hydrogens (tertiary/aromatic N) is 2. The Labute approximate surface area is 97.1 Å². The molecule has 0 rings (SSSR count). The van der Waals surface area contributed by atoms with Crippen molar-refractivity contribution in [2.75, 3.05) is 6.54 Å². The minimum absolute atomic E-state index is 0.0114. The highest BCUT2D eigenvalue weighted by atomic mass is 19.4. The summed E-state index contributed by atoms with van der Waals surface area (Å²) in [6, 6.07) is -0.378. The number of carbonyl (C=O) groups is 1. The summed E-state index contributed by atoms with van der Waals surface area (Å²) in [5.74, 6) is -1.14. The second kappa shape index (κ2) is 6.31. The summed E-state index contributed by atoms with van der Waals surface area (Å²) in [5.41, 5.74) is 5.19. The van der Waals surface area contributed by atoms with Crippen LogP contribution in [0.1, 0.15) is 26.7 Å². The van der Waals surface area contributed by atoms with Gasteiger partial charge in [-0.3, -0.25) is 4.79 Å². The minimum Gasteiger partial charge on any atom is -0.409 e. The van der Waals surface area contributed by atoms with Crippen molar-refractivity contribution in [1.82, 2.24) is 4.90 Å². The molecule has 0 aromatic carbocycles. The van der Waals surface area contributed by atoms with Crippen molar-refractivity contribution in [3.8, 4) is 0 Å². The normalized spacial score (nSPS) is 12.9. The smallest absolute Gasteiger partial charge is 0.397 e. The molecule has 0 heterocycles. The van der Waals surface area contributed by atoms with E-state index < -0.39 is 18.5 Å². The Balaban J connectivity index is 4.48. The van der Waals surface area contributed by atoms with Gasteiger partial charge in [0.25, 0.3) is 0 Å². The predicted molar refractivity (Wildman–Crippen MR) is 55.5 cm³/mol. The van der Waals surface area contributed by atoms with Crippen molar-refractivity contribution in [3.63, 3.8) is 0 Å². The molecule has 0 fully saturated rings. The third kappa shape index (κ3) is 6.64. The molecule has 0 aliphatic rings. The number of oxime groups is 1. The van der Waals surface area contributed by atoms with E-state index >= 15 is 0 Å². The van der Waals surface area contributed by atoms with Crippen molar-refractivity contribution >= 4 is 11.7 Å². The molecule has 0 spiro atoms. The lowest BCUT2D eigenvalue weighted by Crippen LogP contribution is -2.41. The lowest BCUT2D eigenvalue weighted by molar-refractivity contribution is -0.162. The Kier molecular flexibility index (Phi) is 5.77. The standard InChI is InChI=1S/C9H16F3N3O2/c1-6(2)15(4-3-7(13)14-17)8(16)5-9(10,11)12/h6,17H,3-5H2,1-2H3,(H2,13,14). The van der Waals surface area contributed by atoms with Crippen LogP contribution in [0.4, 0.5) is 13.2 Å². The summed E-state index contributed by atoms with van der Waals surface area (Å²) in [7, 11) is 0. The van der Waals surface area contributed by atoms with Crippen LogP contribution in [0.15, 0.2) is 5.16 Å². The quantitative estimate of drug-likeness (QED) is 0.336. The lowest BCUT2D eigenvalue weighted by Gasteiger charge is -2.27. The molecule has 0 saturated carbocycles. The lowest BCUT2D eigenvalue weighted by atomic mass is 10.2. The molecule has 0 bridgehead atoms. The number of carbonyl (C=O) groups excluding carboxylic acids is 1. The van der Waals surface area contributed by atoms with Gasteiger partial charge in [0.15, 0.2) is 0 Å². The van der Waals surface area contributed by atoms with E-state index in [-0.39, 0.29) is 24.8 Å². The van der Waals surface area contributed by atoms with E-state index in [0.29, 0.717) is 0 Å². The summed E-state index contributed by atoms with van der Waals surface area (Å²) in [5, 5.41) is 11.0. The SMILES string of the molecule is CC(C)N(CCC(N)=NO)C(=O)CC(F)(F)F. The highest BCUT2D eigenvalue weighted by Crippen LogP contribution is 2.21. The average molecular weight is 255 g/mol. The molecule has 8 heteroatoms. The maximum atomic E-state index is 12.1. The molecule has 0 atom stereocenters. The van der Waals surface area contributed by atoms with Crippen LogP contribution in [-0.4, -0.2) is 40.6 Å². The first-order valence-electron chi connectivity index (χ1n) is 5.00. The van der Waals surface area contributed by atoms with E-state index in [4.69, 9.17) is 10.9 Å². The number of nitrogens with two attached hydrogens (primary N) is 1. The molecule has 100 valence electrons. The molecule has 1 amide bonds. The molecule has 0 radical (unpaired) electrons. The van der Waals surface area contributed by atoms with Gasteiger partial charge in [-0.1, -0.05) is 5.16 Å². The first-order valence-corrected chi connectivity index (χ1v) is 5.00. The van der Waals surface area contributed by atoms with Gasteiger partial charge in [0.1, 0.15) is 12.3 Å². The molecule has 0 saturated heterocycles. The zero-order chi connectivity index (χ0) is 13.6. The van der Waals surface area contributed by atoms with Gasteiger partial charge in [0, 0.05) is 19.0 Å². The molecule has 0 aliphatic carbocycles. The number of hydrogen-bond acceptors (Lipinski definition) is 3. The van der Waals surface area contributed by atoms with Crippen molar-refractivity contribution in [3.05, 3.63) is 0 Å². The number of halogens is 3. The number of amides is 1.